The van der Waals surface area contributed by atoms with Crippen LogP contribution in [-0.4, -0.2) is 46.3 Å². The van der Waals surface area contributed by atoms with E-state index in [-0.39, 0.29) is 12.3 Å². The third-order valence-corrected chi connectivity index (χ3v) is 5.73. The normalized spacial score (nSPS) is 57.9. The highest BCUT2D eigenvalue weighted by Gasteiger charge is 2.64. The zero-order valence-corrected chi connectivity index (χ0v) is 10.5. The Labute approximate surface area is 107 Å². The van der Waals surface area contributed by atoms with E-state index in [4.69, 9.17) is 4.74 Å². The van der Waals surface area contributed by atoms with Crippen molar-refractivity contribution in [2.24, 2.45) is 23.7 Å². The van der Waals surface area contributed by atoms with Crippen molar-refractivity contribution >= 4 is 0 Å². The average molecular weight is 251 g/mol. The Morgan fingerprint density at radius 2 is 2.11 bits per heavy atom. The lowest BCUT2D eigenvalue weighted by Gasteiger charge is -2.41. The molecule has 2 N–H and O–H groups in total. The molecule has 0 aromatic carbocycles. The summed E-state index contributed by atoms with van der Waals surface area (Å²) in [5.74, 6) is 2.51. The summed E-state index contributed by atoms with van der Waals surface area (Å²) in [6, 6.07) is 0.596. The van der Waals surface area contributed by atoms with Gasteiger partial charge in [-0.15, -0.1) is 0 Å². The second-order valence-electron chi connectivity index (χ2n) is 6.44. The Hall–Kier alpha value is -0.420. The maximum absolute atomic E-state index is 10.0. The lowest BCUT2D eigenvalue weighted by atomic mass is 9.75. The molecule has 9 atom stereocenters. The monoisotopic (exact) mass is 251 g/mol. The topological polar surface area (TPSA) is 52.9 Å². The summed E-state index contributed by atoms with van der Waals surface area (Å²) < 4.78 is 5.64. The summed E-state index contributed by atoms with van der Waals surface area (Å²) in [6.45, 7) is 4.64. The van der Waals surface area contributed by atoms with Crippen molar-refractivity contribution in [1.82, 2.24) is 4.90 Å². The van der Waals surface area contributed by atoms with Gasteiger partial charge in [-0.1, -0.05) is 6.58 Å². The zero-order chi connectivity index (χ0) is 12.4. The molecule has 18 heavy (non-hydrogen) atoms. The van der Waals surface area contributed by atoms with Crippen LogP contribution in [0.15, 0.2) is 12.7 Å². The Morgan fingerprint density at radius 1 is 1.28 bits per heavy atom. The van der Waals surface area contributed by atoms with Crippen molar-refractivity contribution in [3.8, 4) is 0 Å². The highest BCUT2D eigenvalue weighted by molar-refractivity contribution is 5.14. The van der Waals surface area contributed by atoms with Gasteiger partial charge in [-0.2, -0.15) is 0 Å². The number of fused-ring (bicyclic) bond motifs is 9. The molecule has 2 aliphatic carbocycles. The van der Waals surface area contributed by atoms with Crippen molar-refractivity contribution in [2.75, 3.05) is 6.54 Å². The molecule has 0 spiro atoms. The first-order valence-corrected chi connectivity index (χ1v) is 7.09. The molecule has 2 heterocycles. The number of hydrogen-bond acceptors (Lipinski definition) is 4. The molecule has 4 fully saturated rings. The molecule has 0 aromatic rings. The summed E-state index contributed by atoms with van der Waals surface area (Å²) in [6.07, 6.45) is 3.75. The second-order valence-corrected chi connectivity index (χ2v) is 6.44. The molecular formula is C14H21NO3. The Bertz CT molecular complexity index is 374. The van der Waals surface area contributed by atoms with Crippen molar-refractivity contribution in [3.63, 3.8) is 0 Å². The number of piperidine rings is 1. The predicted octanol–water partition coefficient (Wildman–Crippen LogP) is 0.554. The van der Waals surface area contributed by atoms with E-state index in [1.165, 1.54) is 12.5 Å². The zero-order valence-electron chi connectivity index (χ0n) is 10.5. The molecule has 2 aliphatic heterocycles. The van der Waals surface area contributed by atoms with Gasteiger partial charge in [-0.25, -0.2) is 0 Å². The van der Waals surface area contributed by atoms with Crippen LogP contribution in [0.1, 0.15) is 19.3 Å². The van der Waals surface area contributed by atoms with E-state index in [2.05, 4.69) is 11.5 Å². The average Bonchev–Trinajstić information content (AvgIpc) is 3.04. The van der Waals surface area contributed by atoms with E-state index in [0.717, 1.165) is 19.4 Å². The van der Waals surface area contributed by atoms with E-state index >= 15 is 0 Å². The van der Waals surface area contributed by atoms with Crippen LogP contribution in [0.25, 0.3) is 0 Å². The summed E-state index contributed by atoms with van der Waals surface area (Å²) >= 11 is 0. The number of nitrogens with zero attached hydrogens (tertiary/aromatic N) is 1. The number of rotatable bonds is 3. The SMILES string of the molecule is C=CC(O)OC1CC2CN1C1C3CC(O)C(C3)C21. The minimum Gasteiger partial charge on any atom is -0.393 e. The molecule has 0 aromatic heterocycles. The molecule has 4 heteroatoms. The second kappa shape index (κ2) is 3.79. The van der Waals surface area contributed by atoms with E-state index in [0.29, 0.717) is 29.7 Å². The molecule has 4 bridgehead atoms. The molecule has 0 radical (unpaired) electrons. The van der Waals surface area contributed by atoms with Crippen LogP contribution in [0.4, 0.5) is 0 Å². The lowest BCUT2D eigenvalue weighted by molar-refractivity contribution is -0.169. The van der Waals surface area contributed by atoms with Gasteiger partial charge in [0, 0.05) is 12.6 Å². The number of hydrogen-bond donors (Lipinski definition) is 2. The standard InChI is InChI=1S/C14H21NO3/c1-2-12(17)18-11-5-8-6-15(11)14-7-3-9(13(8)14)10(16)4-7/h2,7-14,16-17H,1,3-6H2. The summed E-state index contributed by atoms with van der Waals surface area (Å²) in [5.41, 5.74) is 0. The number of ether oxygens (including phenoxy) is 1. The van der Waals surface area contributed by atoms with E-state index in [1.54, 1.807) is 0 Å². The minimum absolute atomic E-state index is 0.0562. The minimum atomic E-state index is -0.850. The Morgan fingerprint density at radius 3 is 2.89 bits per heavy atom. The molecule has 0 amide bonds. The van der Waals surface area contributed by atoms with Gasteiger partial charge in [0.15, 0.2) is 6.29 Å². The van der Waals surface area contributed by atoms with Gasteiger partial charge in [0.25, 0.3) is 0 Å². The quantitative estimate of drug-likeness (QED) is 0.568. The van der Waals surface area contributed by atoms with Crippen LogP contribution in [0.2, 0.25) is 0 Å². The van der Waals surface area contributed by atoms with Crippen molar-refractivity contribution in [3.05, 3.63) is 12.7 Å². The fraction of sp³-hybridized carbons (Fsp3) is 0.857. The maximum Gasteiger partial charge on any atom is 0.175 e. The molecule has 9 unspecified atom stereocenters. The van der Waals surface area contributed by atoms with E-state index in [9.17, 15) is 10.2 Å². The molecule has 2 saturated heterocycles. The summed E-state index contributed by atoms with van der Waals surface area (Å²) in [4.78, 5) is 2.44. The molecule has 2 saturated carbocycles. The van der Waals surface area contributed by atoms with Gasteiger partial charge < -0.3 is 14.9 Å². The van der Waals surface area contributed by atoms with Gasteiger partial charge >= 0.3 is 0 Å². The van der Waals surface area contributed by atoms with Crippen molar-refractivity contribution < 1.29 is 14.9 Å². The summed E-state index contributed by atoms with van der Waals surface area (Å²) in [7, 11) is 0. The van der Waals surface area contributed by atoms with Crippen LogP contribution < -0.4 is 0 Å². The number of aliphatic hydroxyl groups excluding tert-OH is 2. The van der Waals surface area contributed by atoms with E-state index < -0.39 is 6.29 Å². The fourth-order valence-corrected chi connectivity index (χ4v) is 5.27. The van der Waals surface area contributed by atoms with Gasteiger partial charge in [0.05, 0.1) is 6.10 Å². The first-order chi connectivity index (χ1) is 8.69. The first-order valence-electron chi connectivity index (χ1n) is 7.09. The molecule has 100 valence electrons. The van der Waals surface area contributed by atoms with Crippen LogP contribution in [-0.2, 0) is 4.74 Å². The fourth-order valence-electron chi connectivity index (χ4n) is 5.27. The smallest absolute Gasteiger partial charge is 0.175 e. The lowest BCUT2D eigenvalue weighted by Crippen LogP contribution is -2.49. The van der Waals surface area contributed by atoms with Gasteiger partial charge in [-0.05, 0) is 49.0 Å². The molecular weight excluding hydrogens is 230 g/mol. The molecule has 4 aliphatic rings. The van der Waals surface area contributed by atoms with Gasteiger partial charge in [0.1, 0.15) is 6.23 Å². The third kappa shape index (κ3) is 1.35. The third-order valence-electron chi connectivity index (χ3n) is 5.73. The number of aliphatic hydroxyl groups is 2. The van der Waals surface area contributed by atoms with Crippen LogP contribution in [0.3, 0.4) is 0 Å². The van der Waals surface area contributed by atoms with Crippen LogP contribution >= 0.6 is 0 Å². The van der Waals surface area contributed by atoms with Gasteiger partial charge in [0.2, 0.25) is 0 Å². The highest BCUT2D eigenvalue weighted by Crippen LogP contribution is 2.60. The Kier molecular flexibility index (Phi) is 2.40. The Balaban J connectivity index is 1.53. The molecule has 4 rings (SSSR count). The van der Waals surface area contributed by atoms with Crippen LogP contribution in [0, 0.1) is 23.7 Å². The van der Waals surface area contributed by atoms with E-state index in [1.807, 2.05) is 0 Å². The van der Waals surface area contributed by atoms with Gasteiger partial charge in [-0.3, -0.25) is 4.90 Å². The highest BCUT2D eigenvalue weighted by atomic mass is 16.6. The largest absolute Gasteiger partial charge is 0.393 e. The van der Waals surface area contributed by atoms with Crippen molar-refractivity contribution in [2.45, 2.75) is 43.9 Å². The van der Waals surface area contributed by atoms with Crippen LogP contribution in [0.5, 0.6) is 0 Å². The summed E-state index contributed by atoms with van der Waals surface area (Å²) in [5, 5.41) is 19.6. The first kappa shape index (κ1) is 11.4. The molecule has 4 nitrogen and oxygen atoms in total. The van der Waals surface area contributed by atoms with Crippen molar-refractivity contribution in [1.29, 1.82) is 0 Å². The maximum atomic E-state index is 10.0. The predicted molar refractivity (Wildman–Crippen MR) is 65.4 cm³/mol.